The number of amides is 2. The molecular weight excluding hydrogens is 533 g/mol. The van der Waals surface area contributed by atoms with Gasteiger partial charge in [-0.2, -0.15) is 10.2 Å². The zero-order valence-corrected chi connectivity index (χ0v) is 24.0. The Hall–Kier alpha value is -2.80. The number of thioether (sulfide) groups is 2. The molecule has 0 aliphatic heterocycles. The van der Waals surface area contributed by atoms with E-state index in [1.807, 2.05) is 36.4 Å². The van der Waals surface area contributed by atoms with Crippen LogP contribution in [-0.4, -0.2) is 71.9 Å². The number of hydrazone groups is 2. The molecular formula is C24H32N6O2S4. The molecule has 0 aromatic heterocycles. The molecule has 2 amide bonds. The van der Waals surface area contributed by atoms with E-state index in [2.05, 4.69) is 45.3 Å². The van der Waals surface area contributed by atoms with Gasteiger partial charge in [0.1, 0.15) is 0 Å². The number of hydrogen-bond donors (Lipinski definition) is 2. The lowest BCUT2D eigenvalue weighted by Gasteiger charge is -2.02. The maximum atomic E-state index is 9.43. The molecule has 194 valence electrons. The molecule has 2 aromatic rings. The largest absolute Gasteiger partial charge is 0.351 e. The lowest BCUT2D eigenvalue weighted by Crippen LogP contribution is -2.13. The molecule has 0 bridgehead atoms. The van der Waals surface area contributed by atoms with E-state index in [0.29, 0.717) is 8.64 Å². The minimum absolute atomic E-state index is 0.611. The molecule has 2 rings (SSSR count). The number of rotatable bonds is 9. The lowest BCUT2D eigenvalue weighted by molar-refractivity contribution is -0.116. The average molecular weight is 565 g/mol. The van der Waals surface area contributed by atoms with E-state index in [4.69, 9.17) is 24.4 Å². The van der Waals surface area contributed by atoms with E-state index >= 15 is 0 Å². The molecule has 0 spiro atoms. The Morgan fingerprint density at radius 1 is 0.722 bits per heavy atom. The van der Waals surface area contributed by atoms with Crippen LogP contribution in [0.1, 0.15) is 11.1 Å². The first-order valence-corrected chi connectivity index (χ1v) is 13.3. The fourth-order valence-corrected chi connectivity index (χ4v) is 3.43. The molecule has 12 heteroatoms. The third-order valence-corrected chi connectivity index (χ3v) is 5.93. The van der Waals surface area contributed by atoms with Gasteiger partial charge in [-0.3, -0.25) is 20.4 Å². The van der Waals surface area contributed by atoms with Crippen LogP contribution >= 0.6 is 48.0 Å². The van der Waals surface area contributed by atoms with Gasteiger partial charge >= 0.3 is 0 Å². The fourth-order valence-electron chi connectivity index (χ4n) is 1.76. The first kappa shape index (κ1) is 33.2. The highest BCUT2D eigenvalue weighted by Crippen LogP contribution is 2.13. The van der Waals surface area contributed by atoms with Crippen LogP contribution in [0.15, 0.2) is 70.9 Å². The highest BCUT2D eigenvalue weighted by Gasteiger charge is 1.98. The van der Waals surface area contributed by atoms with E-state index in [-0.39, 0.29) is 0 Å². The summed E-state index contributed by atoms with van der Waals surface area (Å²) in [5, 5.41) is 8.00. The van der Waals surface area contributed by atoms with Crippen molar-refractivity contribution >= 4 is 81.8 Å². The summed E-state index contributed by atoms with van der Waals surface area (Å²) in [6.07, 6.45) is 4.54. The van der Waals surface area contributed by atoms with Crippen LogP contribution in [0.5, 0.6) is 0 Å². The van der Waals surface area contributed by atoms with Crippen molar-refractivity contribution in [2.75, 3.05) is 28.2 Å². The van der Waals surface area contributed by atoms with Crippen LogP contribution in [0.4, 0.5) is 0 Å². The van der Waals surface area contributed by atoms with Crippen molar-refractivity contribution in [1.29, 1.82) is 0 Å². The second kappa shape index (κ2) is 22.7. The Kier molecular flexibility index (Phi) is 20.9. The van der Waals surface area contributed by atoms with Crippen LogP contribution in [0.3, 0.4) is 0 Å². The molecule has 0 unspecified atom stereocenters. The summed E-state index contributed by atoms with van der Waals surface area (Å²) in [6, 6.07) is 20.3. The summed E-state index contributed by atoms with van der Waals surface area (Å²) in [4.78, 5) is 21.8. The van der Waals surface area contributed by atoms with E-state index < -0.39 is 0 Å². The van der Waals surface area contributed by atoms with Crippen LogP contribution in [-0.2, 0) is 21.1 Å². The molecule has 0 heterocycles. The number of thiocarbonyl (C=S) groups is 2. The van der Waals surface area contributed by atoms with Crippen molar-refractivity contribution in [3.8, 4) is 0 Å². The van der Waals surface area contributed by atoms with Crippen molar-refractivity contribution in [3.05, 3.63) is 71.8 Å². The minimum Gasteiger partial charge on any atom is -0.351 e. The van der Waals surface area contributed by atoms with Crippen molar-refractivity contribution in [2.45, 2.75) is 11.5 Å². The van der Waals surface area contributed by atoms with Gasteiger partial charge in [-0.25, -0.2) is 0 Å². The summed E-state index contributed by atoms with van der Waals surface area (Å²) in [5.41, 5.74) is 8.03. The molecule has 0 aliphatic carbocycles. The van der Waals surface area contributed by atoms with Crippen molar-refractivity contribution in [3.63, 3.8) is 0 Å². The Bertz CT molecular complexity index is 865. The normalized spacial score (nSPS) is 9.78. The predicted octanol–water partition coefficient (Wildman–Crippen LogP) is 3.98. The molecule has 2 aromatic carbocycles. The lowest BCUT2D eigenvalue weighted by atomic mass is 10.2. The summed E-state index contributed by atoms with van der Waals surface area (Å²) < 4.78 is 1.22. The zero-order valence-electron chi connectivity index (χ0n) is 20.7. The second-order valence-corrected chi connectivity index (χ2v) is 10.3. The van der Waals surface area contributed by atoms with Gasteiger partial charge in [0, 0.05) is 39.7 Å². The standard InChI is InChI=1S/C18H18N4S4.2C3H7NO/c23-17(25-13-15-7-3-1-4-8-15)21-19-11-12-20-22-18(24)26-14-16-9-5-2-6-10-16;2*1-4(2)3-5/h1-12H,13-14H2,(H,21,23)(H,22,24);2*3H,1-2H3/b19-11+,20-12+;;. The van der Waals surface area contributed by atoms with Gasteiger partial charge in [0.15, 0.2) is 8.64 Å². The first-order chi connectivity index (χ1) is 17.3. The van der Waals surface area contributed by atoms with Gasteiger partial charge in [0.2, 0.25) is 12.8 Å². The van der Waals surface area contributed by atoms with E-state index in [1.165, 1.54) is 56.9 Å². The molecule has 0 radical (unpaired) electrons. The maximum absolute atomic E-state index is 9.43. The van der Waals surface area contributed by atoms with Gasteiger partial charge in [-0.05, 0) is 11.1 Å². The number of carbonyl (C=O) groups is 2. The average Bonchev–Trinajstić information content (AvgIpc) is 2.90. The van der Waals surface area contributed by atoms with Crippen molar-refractivity contribution < 1.29 is 9.59 Å². The van der Waals surface area contributed by atoms with Crippen LogP contribution in [0.25, 0.3) is 0 Å². The topological polar surface area (TPSA) is 89.4 Å². The Labute approximate surface area is 233 Å². The molecule has 0 atom stereocenters. The molecule has 8 nitrogen and oxygen atoms in total. The minimum atomic E-state index is 0.611. The highest BCUT2D eigenvalue weighted by atomic mass is 32.2. The summed E-state index contributed by atoms with van der Waals surface area (Å²) in [6.45, 7) is 0. The smallest absolute Gasteiger partial charge is 0.209 e. The Morgan fingerprint density at radius 2 is 1.03 bits per heavy atom. The number of nitrogens with one attached hydrogen (secondary N) is 2. The quantitative estimate of drug-likeness (QED) is 0.205. The second-order valence-electron chi connectivity index (χ2n) is 7.04. The highest BCUT2D eigenvalue weighted by molar-refractivity contribution is 8.22. The van der Waals surface area contributed by atoms with Gasteiger partial charge in [-0.1, -0.05) is 109 Å². The predicted molar refractivity (Wildman–Crippen MR) is 163 cm³/mol. The van der Waals surface area contributed by atoms with Gasteiger partial charge in [-0.15, -0.1) is 0 Å². The monoisotopic (exact) mass is 564 g/mol. The molecule has 36 heavy (non-hydrogen) atoms. The van der Waals surface area contributed by atoms with Gasteiger partial charge < -0.3 is 9.80 Å². The van der Waals surface area contributed by atoms with Crippen LogP contribution in [0, 0.1) is 0 Å². The maximum Gasteiger partial charge on any atom is 0.209 e. The number of hydrogen-bond acceptors (Lipinski definition) is 8. The third-order valence-electron chi connectivity index (χ3n) is 3.37. The summed E-state index contributed by atoms with van der Waals surface area (Å²) >= 11 is 13.5. The third kappa shape index (κ3) is 21.7. The first-order valence-electron chi connectivity index (χ1n) is 10.5. The molecule has 0 fully saturated rings. The van der Waals surface area contributed by atoms with Crippen LogP contribution in [0.2, 0.25) is 0 Å². The number of carbonyl (C=O) groups excluding carboxylic acids is 2. The number of benzene rings is 2. The Balaban J connectivity index is 0.00000104. The molecule has 0 aliphatic rings. The van der Waals surface area contributed by atoms with E-state index in [0.717, 1.165) is 24.3 Å². The van der Waals surface area contributed by atoms with Crippen molar-refractivity contribution in [2.24, 2.45) is 10.2 Å². The van der Waals surface area contributed by atoms with Crippen LogP contribution < -0.4 is 10.9 Å². The molecule has 0 saturated heterocycles. The SMILES string of the molecule is CN(C)C=O.CN(C)C=O.S=C(N/N=C/C=N/NC(=S)SCc1ccccc1)SCc1ccccc1. The molecule has 0 saturated carbocycles. The fraction of sp³-hybridized carbons (Fsp3) is 0.250. The summed E-state index contributed by atoms with van der Waals surface area (Å²) in [5.74, 6) is 1.62. The molecule has 2 N–H and O–H groups in total. The zero-order chi connectivity index (χ0) is 27.0. The number of nitrogens with zero attached hydrogens (tertiary/aromatic N) is 4. The van der Waals surface area contributed by atoms with E-state index in [1.54, 1.807) is 28.2 Å². The van der Waals surface area contributed by atoms with E-state index in [9.17, 15) is 9.59 Å². The summed E-state index contributed by atoms with van der Waals surface area (Å²) in [7, 11) is 6.75. The Morgan fingerprint density at radius 3 is 1.31 bits per heavy atom. The van der Waals surface area contributed by atoms with Gasteiger partial charge in [0.05, 0.1) is 12.4 Å². The van der Waals surface area contributed by atoms with Gasteiger partial charge in [0.25, 0.3) is 0 Å². The van der Waals surface area contributed by atoms with Crippen molar-refractivity contribution in [1.82, 2.24) is 20.7 Å².